The summed E-state index contributed by atoms with van der Waals surface area (Å²) < 4.78 is 1.43. The molecule has 1 heterocycles. The van der Waals surface area contributed by atoms with E-state index in [1.807, 2.05) is 11.3 Å². The molecule has 0 unspecified atom stereocenters. The summed E-state index contributed by atoms with van der Waals surface area (Å²) in [5, 5.41) is 1.48. The number of thiophene rings is 1. The van der Waals surface area contributed by atoms with E-state index in [2.05, 4.69) is 37.8 Å². The highest BCUT2D eigenvalue weighted by Gasteiger charge is 2.22. The van der Waals surface area contributed by atoms with Crippen molar-refractivity contribution in [3.63, 3.8) is 0 Å². The zero-order valence-electron chi connectivity index (χ0n) is 11.0. The van der Waals surface area contributed by atoms with Gasteiger partial charge in [0.05, 0.1) is 0 Å². The first-order valence-corrected chi connectivity index (χ1v) is 7.76. The second-order valence-corrected chi connectivity index (χ2v) is 6.51. The minimum absolute atomic E-state index is 0.765. The fraction of sp³-hybridized carbons (Fsp3) is 0.412. The maximum Gasteiger partial charge on any atom is 0.0352 e. The molecular formula is C17H20S. The molecule has 1 aromatic heterocycles. The Labute approximate surface area is 113 Å². The predicted molar refractivity (Wildman–Crippen MR) is 82.4 cm³/mol. The van der Waals surface area contributed by atoms with Crippen molar-refractivity contribution in [3.05, 3.63) is 41.3 Å². The molecule has 1 aliphatic carbocycles. The van der Waals surface area contributed by atoms with Crippen molar-refractivity contribution in [2.45, 2.75) is 44.9 Å². The van der Waals surface area contributed by atoms with Crippen molar-refractivity contribution >= 4 is 27.0 Å². The van der Waals surface area contributed by atoms with Gasteiger partial charge in [-0.15, -0.1) is 11.3 Å². The summed E-state index contributed by atoms with van der Waals surface area (Å²) in [5.74, 6) is 0.765. The van der Waals surface area contributed by atoms with Gasteiger partial charge in [-0.3, -0.25) is 0 Å². The number of hydrogen-bond donors (Lipinski definition) is 0. The first kappa shape index (κ1) is 12.0. The molecule has 0 atom stereocenters. The second-order valence-electron chi connectivity index (χ2n) is 5.46. The van der Waals surface area contributed by atoms with E-state index in [4.69, 9.17) is 0 Å². The summed E-state index contributed by atoms with van der Waals surface area (Å²) in [6, 6.07) is 8.86. The molecule has 1 aliphatic rings. The van der Waals surface area contributed by atoms with Gasteiger partial charge < -0.3 is 0 Å². The third kappa shape index (κ3) is 2.01. The molecule has 1 heteroatoms. The van der Waals surface area contributed by atoms with Gasteiger partial charge in [-0.05, 0) is 48.3 Å². The Morgan fingerprint density at radius 1 is 1.17 bits per heavy atom. The molecule has 18 heavy (non-hydrogen) atoms. The highest BCUT2D eigenvalue weighted by molar-refractivity contribution is 7.20. The number of allylic oxidation sites excluding steroid dienone is 1. The van der Waals surface area contributed by atoms with Crippen LogP contribution in [0.4, 0.5) is 0 Å². The Morgan fingerprint density at radius 3 is 2.61 bits per heavy atom. The van der Waals surface area contributed by atoms with E-state index in [0.29, 0.717) is 0 Å². The lowest BCUT2D eigenvalue weighted by molar-refractivity contribution is 0.446. The molecule has 0 aliphatic heterocycles. The maximum absolute atomic E-state index is 4.19. The average Bonchev–Trinajstić information content (AvgIpc) is 2.79. The summed E-state index contributed by atoms with van der Waals surface area (Å²) in [4.78, 5) is 1.45. The summed E-state index contributed by atoms with van der Waals surface area (Å²) in [6.07, 6.45) is 6.93. The van der Waals surface area contributed by atoms with Gasteiger partial charge in [0.2, 0.25) is 0 Å². The van der Waals surface area contributed by atoms with Gasteiger partial charge in [0.15, 0.2) is 0 Å². The molecule has 0 N–H and O–H groups in total. The molecule has 1 saturated carbocycles. The van der Waals surface area contributed by atoms with Gasteiger partial charge in [0, 0.05) is 9.58 Å². The van der Waals surface area contributed by atoms with E-state index in [1.165, 1.54) is 52.6 Å². The maximum atomic E-state index is 4.19. The Hall–Kier alpha value is -1.08. The van der Waals surface area contributed by atoms with Crippen LogP contribution >= 0.6 is 11.3 Å². The molecule has 0 spiro atoms. The van der Waals surface area contributed by atoms with Gasteiger partial charge in [-0.25, -0.2) is 0 Å². The molecule has 3 rings (SSSR count). The van der Waals surface area contributed by atoms with Crippen LogP contribution < -0.4 is 0 Å². The molecule has 1 fully saturated rings. The fourth-order valence-electron chi connectivity index (χ4n) is 3.18. The second kappa shape index (κ2) is 4.89. The summed E-state index contributed by atoms with van der Waals surface area (Å²) in [5.41, 5.74) is 2.83. The molecule has 0 radical (unpaired) electrons. The lowest BCUT2D eigenvalue weighted by atomic mass is 9.82. The minimum atomic E-state index is 0.765. The minimum Gasteiger partial charge on any atom is -0.135 e. The Bertz CT molecular complexity index is 570. The van der Waals surface area contributed by atoms with Crippen molar-refractivity contribution < 1.29 is 0 Å². The van der Waals surface area contributed by atoms with Gasteiger partial charge in [0.1, 0.15) is 0 Å². The highest BCUT2D eigenvalue weighted by atomic mass is 32.1. The van der Waals surface area contributed by atoms with Crippen molar-refractivity contribution in [2.24, 2.45) is 0 Å². The van der Waals surface area contributed by atoms with Crippen molar-refractivity contribution in [1.29, 1.82) is 0 Å². The zero-order chi connectivity index (χ0) is 12.5. The van der Waals surface area contributed by atoms with Crippen LogP contribution in [0.2, 0.25) is 0 Å². The van der Waals surface area contributed by atoms with Crippen molar-refractivity contribution in [1.82, 2.24) is 0 Å². The quantitative estimate of drug-likeness (QED) is 0.620. The third-order valence-corrected chi connectivity index (χ3v) is 5.38. The van der Waals surface area contributed by atoms with Crippen LogP contribution in [0.15, 0.2) is 30.8 Å². The van der Waals surface area contributed by atoms with E-state index in [1.54, 1.807) is 5.56 Å². The van der Waals surface area contributed by atoms with Gasteiger partial charge in [-0.1, -0.05) is 44.0 Å². The van der Waals surface area contributed by atoms with Crippen LogP contribution in [0.25, 0.3) is 15.7 Å². The summed E-state index contributed by atoms with van der Waals surface area (Å²) in [7, 11) is 0. The van der Waals surface area contributed by atoms with Crippen LogP contribution in [-0.4, -0.2) is 0 Å². The average molecular weight is 256 g/mol. The SMILES string of the molecule is C=C(C)c1sc2ccccc2c1C1CCCCC1. The fourth-order valence-corrected chi connectivity index (χ4v) is 4.39. The van der Waals surface area contributed by atoms with E-state index in [-0.39, 0.29) is 0 Å². The number of benzene rings is 1. The normalized spacial score (nSPS) is 17.2. The summed E-state index contributed by atoms with van der Waals surface area (Å²) >= 11 is 1.93. The molecular weight excluding hydrogens is 236 g/mol. The topological polar surface area (TPSA) is 0 Å². The van der Waals surface area contributed by atoms with E-state index in [0.717, 1.165) is 5.92 Å². The molecule has 2 aromatic rings. The summed E-state index contributed by atoms with van der Waals surface area (Å²) in [6.45, 7) is 6.34. The largest absolute Gasteiger partial charge is 0.135 e. The Kier molecular flexibility index (Phi) is 3.25. The smallest absolute Gasteiger partial charge is 0.0352 e. The predicted octanol–water partition coefficient (Wildman–Crippen LogP) is 5.98. The lowest BCUT2D eigenvalue weighted by Crippen LogP contribution is -2.05. The van der Waals surface area contributed by atoms with Gasteiger partial charge in [-0.2, -0.15) is 0 Å². The third-order valence-electron chi connectivity index (χ3n) is 4.03. The van der Waals surface area contributed by atoms with E-state index < -0.39 is 0 Å². The molecule has 1 aromatic carbocycles. The first-order valence-electron chi connectivity index (χ1n) is 6.94. The molecule has 0 nitrogen and oxygen atoms in total. The van der Waals surface area contributed by atoms with Crippen LogP contribution in [-0.2, 0) is 0 Å². The van der Waals surface area contributed by atoms with Crippen LogP contribution in [0.5, 0.6) is 0 Å². The monoisotopic (exact) mass is 256 g/mol. The Morgan fingerprint density at radius 2 is 1.89 bits per heavy atom. The van der Waals surface area contributed by atoms with Crippen molar-refractivity contribution in [2.75, 3.05) is 0 Å². The molecule has 0 saturated heterocycles. The van der Waals surface area contributed by atoms with Crippen molar-refractivity contribution in [3.8, 4) is 0 Å². The molecule has 0 amide bonds. The van der Waals surface area contributed by atoms with Gasteiger partial charge >= 0.3 is 0 Å². The Balaban J connectivity index is 2.17. The van der Waals surface area contributed by atoms with Crippen LogP contribution in [0, 0.1) is 0 Å². The van der Waals surface area contributed by atoms with E-state index >= 15 is 0 Å². The lowest BCUT2D eigenvalue weighted by Gasteiger charge is -2.23. The van der Waals surface area contributed by atoms with Crippen LogP contribution in [0.3, 0.4) is 0 Å². The molecule has 94 valence electrons. The molecule has 0 bridgehead atoms. The van der Waals surface area contributed by atoms with Crippen LogP contribution in [0.1, 0.15) is 55.4 Å². The van der Waals surface area contributed by atoms with Gasteiger partial charge in [0.25, 0.3) is 0 Å². The number of fused-ring (bicyclic) bond motifs is 1. The first-order chi connectivity index (χ1) is 8.77. The zero-order valence-corrected chi connectivity index (χ0v) is 11.9. The number of hydrogen-bond acceptors (Lipinski definition) is 1. The standard InChI is InChI=1S/C17H20S/c1-12(2)17-16(13-8-4-3-5-9-13)14-10-6-7-11-15(14)18-17/h6-7,10-11,13H,1,3-5,8-9H2,2H3. The highest BCUT2D eigenvalue weighted by Crippen LogP contribution is 2.44. The number of rotatable bonds is 2. The van der Waals surface area contributed by atoms with E-state index in [9.17, 15) is 0 Å².